The molecule has 1 heterocycles. The highest BCUT2D eigenvalue weighted by Crippen LogP contribution is 2.10. The van der Waals surface area contributed by atoms with Crippen LogP contribution < -0.4 is 4.74 Å². The molecule has 1 aromatic heterocycles. The molecule has 0 unspecified atom stereocenters. The predicted octanol–water partition coefficient (Wildman–Crippen LogP) is 1.74. The van der Waals surface area contributed by atoms with Crippen LogP contribution in [0.1, 0.15) is 18.9 Å². The first-order valence-electron chi connectivity index (χ1n) is 3.84. The minimum atomic E-state index is 0.531. The molecule has 0 fully saturated rings. The molecule has 0 radical (unpaired) electrons. The summed E-state index contributed by atoms with van der Waals surface area (Å²) in [5.74, 6) is 0.663. The van der Waals surface area contributed by atoms with Crippen LogP contribution in [0.2, 0.25) is 0 Å². The van der Waals surface area contributed by atoms with Crippen LogP contribution in [0.4, 0.5) is 0 Å². The summed E-state index contributed by atoms with van der Waals surface area (Å²) in [6, 6.07) is 3.68. The maximum atomic E-state index is 8.54. The zero-order valence-corrected chi connectivity index (χ0v) is 6.95. The van der Waals surface area contributed by atoms with Gasteiger partial charge in [-0.2, -0.15) is 5.26 Å². The van der Waals surface area contributed by atoms with Crippen molar-refractivity contribution in [3.63, 3.8) is 0 Å². The number of nitrogens with zero attached hydrogens (tertiary/aromatic N) is 2. The summed E-state index contributed by atoms with van der Waals surface area (Å²) < 4.78 is 5.28. The molecule has 0 saturated heterocycles. The molecule has 0 aliphatic rings. The summed E-state index contributed by atoms with van der Waals surface area (Å²) in [5.41, 5.74) is 0.531. The maximum Gasteiger partial charge on any atom is 0.138 e. The Kier molecular flexibility index (Phi) is 3.09. The minimum absolute atomic E-state index is 0.531. The maximum absolute atomic E-state index is 8.54. The predicted molar refractivity (Wildman–Crippen MR) is 44.7 cm³/mol. The standard InChI is InChI=1S/C9H10N2O/c1-2-3-12-9-4-8(5-10)6-11-7-9/h4,6-7H,2-3H2,1H3. The van der Waals surface area contributed by atoms with E-state index in [-0.39, 0.29) is 0 Å². The Bertz CT molecular complexity index is 291. The Morgan fingerprint density at radius 1 is 1.58 bits per heavy atom. The molecule has 0 saturated carbocycles. The lowest BCUT2D eigenvalue weighted by Crippen LogP contribution is -1.95. The summed E-state index contributed by atoms with van der Waals surface area (Å²) in [6.45, 7) is 2.69. The quantitative estimate of drug-likeness (QED) is 0.680. The molecule has 0 atom stereocenters. The molecule has 12 heavy (non-hydrogen) atoms. The third-order valence-corrected chi connectivity index (χ3v) is 1.32. The second kappa shape index (κ2) is 4.35. The van der Waals surface area contributed by atoms with Gasteiger partial charge in [0.1, 0.15) is 11.8 Å². The number of hydrogen-bond acceptors (Lipinski definition) is 3. The van der Waals surface area contributed by atoms with Crippen molar-refractivity contribution < 1.29 is 4.74 Å². The van der Waals surface area contributed by atoms with Gasteiger partial charge in [-0.1, -0.05) is 6.92 Å². The first kappa shape index (κ1) is 8.54. The number of rotatable bonds is 3. The molecule has 0 spiro atoms. The topological polar surface area (TPSA) is 45.9 Å². The Morgan fingerprint density at radius 2 is 2.42 bits per heavy atom. The van der Waals surface area contributed by atoms with Gasteiger partial charge >= 0.3 is 0 Å². The van der Waals surface area contributed by atoms with E-state index in [0.29, 0.717) is 17.9 Å². The molecule has 0 N–H and O–H groups in total. The third kappa shape index (κ3) is 2.24. The van der Waals surface area contributed by atoms with E-state index in [0.717, 1.165) is 6.42 Å². The van der Waals surface area contributed by atoms with Gasteiger partial charge in [-0.15, -0.1) is 0 Å². The van der Waals surface area contributed by atoms with Crippen molar-refractivity contribution >= 4 is 0 Å². The van der Waals surface area contributed by atoms with Gasteiger partial charge in [0.2, 0.25) is 0 Å². The molecule has 3 heteroatoms. The summed E-state index contributed by atoms with van der Waals surface area (Å²) in [4.78, 5) is 3.86. The number of hydrogen-bond donors (Lipinski definition) is 0. The number of nitriles is 1. The van der Waals surface area contributed by atoms with E-state index in [9.17, 15) is 0 Å². The Hall–Kier alpha value is -1.56. The van der Waals surface area contributed by atoms with Gasteiger partial charge in [-0.25, -0.2) is 0 Å². The zero-order chi connectivity index (χ0) is 8.81. The van der Waals surface area contributed by atoms with Crippen molar-refractivity contribution in [2.24, 2.45) is 0 Å². The minimum Gasteiger partial charge on any atom is -0.492 e. The van der Waals surface area contributed by atoms with E-state index < -0.39 is 0 Å². The van der Waals surface area contributed by atoms with Crippen molar-refractivity contribution in [1.82, 2.24) is 4.98 Å². The van der Waals surface area contributed by atoms with Crippen molar-refractivity contribution in [2.75, 3.05) is 6.61 Å². The highest BCUT2D eigenvalue weighted by molar-refractivity contribution is 5.32. The van der Waals surface area contributed by atoms with Gasteiger partial charge in [-0.05, 0) is 6.42 Å². The second-order valence-electron chi connectivity index (χ2n) is 2.37. The fraction of sp³-hybridized carbons (Fsp3) is 0.333. The number of aromatic nitrogens is 1. The van der Waals surface area contributed by atoms with E-state index in [1.807, 2.05) is 13.0 Å². The van der Waals surface area contributed by atoms with Crippen LogP contribution in [0.15, 0.2) is 18.5 Å². The van der Waals surface area contributed by atoms with Gasteiger partial charge < -0.3 is 4.74 Å². The van der Waals surface area contributed by atoms with Gasteiger partial charge in [-0.3, -0.25) is 4.98 Å². The van der Waals surface area contributed by atoms with Gasteiger partial charge in [0.05, 0.1) is 18.4 Å². The SMILES string of the molecule is CCCOc1cncc(C#N)c1. The van der Waals surface area contributed by atoms with Crippen molar-refractivity contribution in [3.05, 3.63) is 24.0 Å². The molecule has 0 aromatic carbocycles. The molecular formula is C9H10N2O. The fourth-order valence-corrected chi connectivity index (χ4v) is 0.779. The largest absolute Gasteiger partial charge is 0.492 e. The van der Waals surface area contributed by atoms with Crippen molar-refractivity contribution in [1.29, 1.82) is 5.26 Å². The number of ether oxygens (including phenoxy) is 1. The summed E-state index contributed by atoms with van der Waals surface area (Å²) in [5, 5.41) is 8.54. The molecular weight excluding hydrogens is 152 g/mol. The second-order valence-corrected chi connectivity index (χ2v) is 2.37. The molecule has 0 aliphatic carbocycles. The van der Waals surface area contributed by atoms with Crippen LogP contribution in [-0.4, -0.2) is 11.6 Å². The first-order valence-corrected chi connectivity index (χ1v) is 3.84. The van der Waals surface area contributed by atoms with Gasteiger partial charge in [0, 0.05) is 12.3 Å². The molecule has 0 bridgehead atoms. The van der Waals surface area contributed by atoms with Crippen molar-refractivity contribution in [3.8, 4) is 11.8 Å². The Morgan fingerprint density at radius 3 is 3.08 bits per heavy atom. The van der Waals surface area contributed by atoms with E-state index >= 15 is 0 Å². The Balaban J connectivity index is 2.68. The lowest BCUT2D eigenvalue weighted by molar-refractivity contribution is 0.316. The molecule has 3 nitrogen and oxygen atoms in total. The van der Waals surface area contributed by atoms with Crippen LogP contribution in [0.5, 0.6) is 5.75 Å². The van der Waals surface area contributed by atoms with E-state index in [4.69, 9.17) is 10.00 Å². The van der Waals surface area contributed by atoms with Crippen LogP contribution in [0.25, 0.3) is 0 Å². The lowest BCUT2D eigenvalue weighted by atomic mass is 10.3. The Labute approximate surface area is 71.6 Å². The highest BCUT2D eigenvalue weighted by Gasteiger charge is 1.94. The van der Waals surface area contributed by atoms with Gasteiger partial charge in [0.15, 0.2) is 0 Å². The molecule has 0 amide bonds. The molecule has 1 rings (SSSR count). The summed E-state index contributed by atoms with van der Waals surface area (Å²) in [7, 11) is 0. The monoisotopic (exact) mass is 162 g/mol. The zero-order valence-electron chi connectivity index (χ0n) is 6.95. The average molecular weight is 162 g/mol. The van der Waals surface area contributed by atoms with E-state index in [1.165, 1.54) is 6.20 Å². The molecule has 1 aromatic rings. The number of pyridine rings is 1. The third-order valence-electron chi connectivity index (χ3n) is 1.32. The smallest absolute Gasteiger partial charge is 0.138 e. The normalized spacial score (nSPS) is 9.00. The average Bonchev–Trinajstić information content (AvgIpc) is 2.15. The fourth-order valence-electron chi connectivity index (χ4n) is 0.779. The van der Waals surface area contributed by atoms with Crippen LogP contribution in [0.3, 0.4) is 0 Å². The molecule has 0 aliphatic heterocycles. The first-order chi connectivity index (χ1) is 5.86. The van der Waals surface area contributed by atoms with E-state index in [1.54, 1.807) is 12.3 Å². The van der Waals surface area contributed by atoms with Crippen LogP contribution in [-0.2, 0) is 0 Å². The van der Waals surface area contributed by atoms with Gasteiger partial charge in [0.25, 0.3) is 0 Å². The molecule has 62 valence electrons. The summed E-state index contributed by atoms with van der Waals surface area (Å²) in [6.07, 6.45) is 4.08. The lowest BCUT2D eigenvalue weighted by Gasteiger charge is -2.02. The van der Waals surface area contributed by atoms with Crippen molar-refractivity contribution in [2.45, 2.75) is 13.3 Å². The van der Waals surface area contributed by atoms with Crippen LogP contribution in [0, 0.1) is 11.3 Å². The summed E-state index contributed by atoms with van der Waals surface area (Å²) >= 11 is 0. The van der Waals surface area contributed by atoms with Crippen LogP contribution >= 0.6 is 0 Å². The van der Waals surface area contributed by atoms with E-state index in [2.05, 4.69) is 4.98 Å². The highest BCUT2D eigenvalue weighted by atomic mass is 16.5.